The lowest BCUT2D eigenvalue weighted by molar-refractivity contribution is 0.0690. The Morgan fingerprint density at radius 3 is 3.11 bits per heavy atom. The van der Waals surface area contributed by atoms with Crippen LogP contribution in [-0.4, -0.2) is 27.6 Å². The Kier molecular flexibility index (Phi) is 4.12. The van der Waals surface area contributed by atoms with E-state index >= 15 is 0 Å². The average Bonchev–Trinajstić information content (AvgIpc) is 2.37. The average molecular weight is 249 g/mol. The fourth-order valence-corrected chi connectivity index (χ4v) is 2.54. The molecule has 5 nitrogen and oxygen atoms in total. The minimum absolute atomic E-state index is 0.0320. The maximum atomic E-state index is 10.8. The second-order valence-corrected chi connectivity index (χ2v) is 5.09. The first kappa shape index (κ1) is 12.8. The Morgan fingerprint density at radius 1 is 1.56 bits per heavy atom. The molecule has 0 spiro atoms. The van der Waals surface area contributed by atoms with Crippen molar-refractivity contribution in [1.29, 1.82) is 0 Å². The number of nitrogens with one attached hydrogen (secondary N) is 1. The van der Waals surface area contributed by atoms with Gasteiger partial charge in [-0.25, -0.2) is 14.8 Å². The molecule has 1 fully saturated rings. The normalized spacial score (nSPS) is 23.6. The Balaban J connectivity index is 1.89. The number of aromatic nitrogens is 2. The summed E-state index contributed by atoms with van der Waals surface area (Å²) in [4.78, 5) is 18.8. The molecule has 1 saturated carbocycles. The number of aromatic carboxylic acids is 1. The van der Waals surface area contributed by atoms with Gasteiger partial charge in [0, 0.05) is 12.7 Å². The van der Waals surface area contributed by atoms with Crippen LogP contribution in [-0.2, 0) is 0 Å². The van der Waals surface area contributed by atoms with E-state index in [2.05, 4.69) is 22.2 Å². The van der Waals surface area contributed by atoms with Crippen LogP contribution in [0.2, 0.25) is 0 Å². The Bertz CT molecular complexity index is 422. The zero-order valence-electron chi connectivity index (χ0n) is 10.6. The van der Waals surface area contributed by atoms with Gasteiger partial charge in [-0.1, -0.05) is 19.8 Å². The quantitative estimate of drug-likeness (QED) is 0.857. The minimum Gasteiger partial charge on any atom is -0.477 e. The number of hydrogen-bond donors (Lipinski definition) is 2. The van der Waals surface area contributed by atoms with Crippen molar-refractivity contribution >= 4 is 11.9 Å². The van der Waals surface area contributed by atoms with E-state index < -0.39 is 5.97 Å². The van der Waals surface area contributed by atoms with E-state index in [0.29, 0.717) is 11.9 Å². The molecule has 18 heavy (non-hydrogen) atoms. The summed E-state index contributed by atoms with van der Waals surface area (Å²) in [6.45, 7) is 3.11. The highest BCUT2D eigenvalue weighted by Gasteiger charge is 2.18. The summed E-state index contributed by atoms with van der Waals surface area (Å²) in [5.74, 6) is 0.822. The Morgan fingerprint density at radius 2 is 2.39 bits per heavy atom. The van der Waals surface area contributed by atoms with E-state index in [0.717, 1.165) is 12.5 Å². The van der Waals surface area contributed by atoms with Crippen LogP contribution >= 0.6 is 0 Å². The summed E-state index contributed by atoms with van der Waals surface area (Å²) in [5.41, 5.74) is 0.0320. The molecule has 0 aromatic carbocycles. The number of hydrogen-bond acceptors (Lipinski definition) is 4. The monoisotopic (exact) mass is 249 g/mol. The number of rotatable bonds is 4. The third kappa shape index (κ3) is 3.42. The van der Waals surface area contributed by atoms with E-state index in [-0.39, 0.29) is 5.69 Å². The fourth-order valence-electron chi connectivity index (χ4n) is 2.54. The third-order valence-electron chi connectivity index (χ3n) is 3.47. The van der Waals surface area contributed by atoms with Crippen molar-refractivity contribution in [2.24, 2.45) is 11.8 Å². The van der Waals surface area contributed by atoms with Gasteiger partial charge in [0.25, 0.3) is 0 Å². The molecule has 1 aliphatic carbocycles. The SMILES string of the molecule is CC1CCCC(CNc2nccc(C(=O)O)n2)C1. The molecule has 1 aromatic rings. The van der Waals surface area contributed by atoms with E-state index in [9.17, 15) is 4.79 Å². The second kappa shape index (κ2) is 5.80. The molecular weight excluding hydrogens is 230 g/mol. The lowest BCUT2D eigenvalue weighted by Crippen LogP contribution is -2.22. The van der Waals surface area contributed by atoms with Gasteiger partial charge in [0.15, 0.2) is 5.69 Å². The summed E-state index contributed by atoms with van der Waals surface area (Å²) >= 11 is 0. The van der Waals surface area contributed by atoms with Crippen LogP contribution < -0.4 is 5.32 Å². The fraction of sp³-hybridized carbons (Fsp3) is 0.615. The van der Waals surface area contributed by atoms with Crippen molar-refractivity contribution in [1.82, 2.24) is 9.97 Å². The predicted molar refractivity (Wildman–Crippen MR) is 68.6 cm³/mol. The van der Waals surface area contributed by atoms with Crippen LogP contribution in [0.5, 0.6) is 0 Å². The van der Waals surface area contributed by atoms with Gasteiger partial charge in [-0.15, -0.1) is 0 Å². The van der Waals surface area contributed by atoms with Crippen LogP contribution in [0, 0.1) is 11.8 Å². The first-order valence-electron chi connectivity index (χ1n) is 6.45. The van der Waals surface area contributed by atoms with E-state index in [1.807, 2.05) is 0 Å². The largest absolute Gasteiger partial charge is 0.477 e. The standard InChI is InChI=1S/C13H19N3O2/c1-9-3-2-4-10(7-9)8-15-13-14-6-5-11(16-13)12(17)18/h5-6,9-10H,2-4,7-8H2,1H3,(H,17,18)(H,14,15,16). The number of nitrogens with zero attached hydrogens (tertiary/aromatic N) is 2. The first-order chi connectivity index (χ1) is 8.65. The first-order valence-corrected chi connectivity index (χ1v) is 6.45. The molecule has 1 heterocycles. The van der Waals surface area contributed by atoms with Gasteiger partial charge >= 0.3 is 5.97 Å². The maximum Gasteiger partial charge on any atom is 0.354 e. The number of anilines is 1. The van der Waals surface area contributed by atoms with Crippen LogP contribution in [0.15, 0.2) is 12.3 Å². The van der Waals surface area contributed by atoms with Crippen molar-refractivity contribution in [3.8, 4) is 0 Å². The van der Waals surface area contributed by atoms with Crippen LogP contribution in [0.4, 0.5) is 5.95 Å². The summed E-state index contributed by atoms with van der Waals surface area (Å²) in [6.07, 6.45) is 6.54. The maximum absolute atomic E-state index is 10.8. The van der Waals surface area contributed by atoms with Gasteiger partial charge in [0.05, 0.1) is 0 Å². The van der Waals surface area contributed by atoms with Gasteiger partial charge < -0.3 is 10.4 Å². The summed E-state index contributed by atoms with van der Waals surface area (Å²) in [5, 5.41) is 12.0. The molecule has 2 rings (SSSR count). The van der Waals surface area contributed by atoms with E-state index in [1.165, 1.54) is 37.9 Å². The van der Waals surface area contributed by atoms with Gasteiger partial charge in [-0.05, 0) is 30.7 Å². The van der Waals surface area contributed by atoms with Crippen molar-refractivity contribution in [2.75, 3.05) is 11.9 Å². The number of carboxylic acid groups (broad SMARTS) is 1. The Labute approximate surface area is 107 Å². The van der Waals surface area contributed by atoms with Crippen LogP contribution in [0.3, 0.4) is 0 Å². The Hall–Kier alpha value is -1.65. The molecule has 98 valence electrons. The van der Waals surface area contributed by atoms with Gasteiger partial charge in [-0.3, -0.25) is 0 Å². The topological polar surface area (TPSA) is 75.1 Å². The second-order valence-electron chi connectivity index (χ2n) is 5.09. The molecule has 2 unspecified atom stereocenters. The molecule has 0 amide bonds. The van der Waals surface area contributed by atoms with Crippen molar-refractivity contribution in [2.45, 2.75) is 32.6 Å². The predicted octanol–water partition coefficient (Wildman–Crippen LogP) is 2.41. The smallest absolute Gasteiger partial charge is 0.354 e. The molecular formula is C13H19N3O2. The summed E-state index contributed by atoms with van der Waals surface area (Å²) in [7, 11) is 0. The zero-order valence-corrected chi connectivity index (χ0v) is 10.6. The van der Waals surface area contributed by atoms with Crippen LogP contribution in [0.1, 0.15) is 43.1 Å². The lowest BCUT2D eigenvalue weighted by atomic mass is 9.82. The molecule has 0 saturated heterocycles. The molecule has 0 bridgehead atoms. The molecule has 5 heteroatoms. The number of carboxylic acids is 1. The molecule has 2 N–H and O–H groups in total. The van der Waals surface area contributed by atoms with Crippen molar-refractivity contribution < 1.29 is 9.90 Å². The lowest BCUT2D eigenvalue weighted by Gasteiger charge is -2.26. The molecule has 2 atom stereocenters. The third-order valence-corrected chi connectivity index (χ3v) is 3.47. The highest BCUT2D eigenvalue weighted by atomic mass is 16.4. The van der Waals surface area contributed by atoms with Gasteiger partial charge in [0.1, 0.15) is 0 Å². The highest BCUT2D eigenvalue weighted by Crippen LogP contribution is 2.28. The molecule has 0 radical (unpaired) electrons. The van der Waals surface area contributed by atoms with E-state index in [1.54, 1.807) is 0 Å². The highest BCUT2D eigenvalue weighted by molar-refractivity contribution is 5.85. The van der Waals surface area contributed by atoms with Gasteiger partial charge in [0.2, 0.25) is 5.95 Å². The summed E-state index contributed by atoms with van der Waals surface area (Å²) < 4.78 is 0. The minimum atomic E-state index is -1.02. The zero-order chi connectivity index (χ0) is 13.0. The number of carbonyl (C=O) groups is 1. The summed E-state index contributed by atoms with van der Waals surface area (Å²) in [6, 6.07) is 1.40. The molecule has 1 aromatic heterocycles. The van der Waals surface area contributed by atoms with E-state index in [4.69, 9.17) is 5.11 Å². The van der Waals surface area contributed by atoms with Gasteiger partial charge in [-0.2, -0.15) is 0 Å². The molecule has 0 aliphatic heterocycles. The van der Waals surface area contributed by atoms with Crippen molar-refractivity contribution in [3.05, 3.63) is 18.0 Å². The van der Waals surface area contributed by atoms with Crippen LogP contribution in [0.25, 0.3) is 0 Å². The molecule has 1 aliphatic rings. The van der Waals surface area contributed by atoms with Crippen molar-refractivity contribution in [3.63, 3.8) is 0 Å².